The van der Waals surface area contributed by atoms with Crippen LogP contribution in [-0.4, -0.2) is 60.0 Å². The van der Waals surface area contributed by atoms with E-state index in [1.807, 2.05) is 24.4 Å². The zero-order valence-electron chi connectivity index (χ0n) is 19.9. The Bertz CT molecular complexity index is 1390. The number of ether oxygens (including phenoxy) is 2. The first-order chi connectivity index (χ1) is 16.9. The number of pyridine rings is 1. The van der Waals surface area contributed by atoms with Crippen molar-refractivity contribution in [3.05, 3.63) is 53.9 Å². The first kappa shape index (κ1) is 22.7. The average Bonchev–Trinajstić information content (AvgIpc) is 3.64. The van der Waals surface area contributed by atoms with Crippen LogP contribution in [0.1, 0.15) is 55.3 Å². The molecule has 0 spiro atoms. The molecule has 2 aromatic heterocycles. The largest absolute Gasteiger partial charge is 0.435 e. The van der Waals surface area contributed by atoms with Gasteiger partial charge in [-0.2, -0.15) is 9.40 Å². The van der Waals surface area contributed by atoms with Crippen molar-refractivity contribution >= 4 is 26.5 Å². The molecule has 0 N–H and O–H groups in total. The third-order valence-corrected chi connectivity index (χ3v) is 8.42. The van der Waals surface area contributed by atoms with Crippen LogP contribution in [0.3, 0.4) is 0 Å². The maximum atomic E-state index is 11.8. The number of hydrogen-bond donors (Lipinski definition) is 0. The minimum atomic E-state index is -3.17. The predicted octanol–water partition coefficient (Wildman–Crippen LogP) is 4.50. The Morgan fingerprint density at radius 3 is 2.60 bits per heavy atom. The first-order valence-electron chi connectivity index (χ1n) is 12.3. The summed E-state index contributed by atoms with van der Waals surface area (Å²) in [6.07, 6.45) is 10.2. The summed E-state index contributed by atoms with van der Waals surface area (Å²) in [5, 5.41) is 5.94. The SMILES string of the molecule is CS(=O)(=O)N1CC=C(c2ccc3ccc(Oc4cn(C5CC5)nc4C4CCOCC4)nc3c2)CC1. The van der Waals surface area contributed by atoms with Crippen LogP contribution in [0.4, 0.5) is 0 Å². The van der Waals surface area contributed by atoms with Gasteiger partial charge in [-0.3, -0.25) is 4.68 Å². The normalized spacial score (nSPS) is 20.2. The highest BCUT2D eigenvalue weighted by atomic mass is 32.2. The molecule has 1 aromatic carbocycles. The smallest absolute Gasteiger partial charge is 0.219 e. The molecule has 4 heterocycles. The van der Waals surface area contributed by atoms with Crippen molar-refractivity contribution in [2.24, 2.45) is 0 Å². The molecular formula is C26H30N4O4S. The van der Waals surface area contributed by atoms with Crippen molar-refractivity contribution in [2.45, 2.75) is 44.1 Å². The van der Waals surface area contributed by atoms with E-state index in [9.17, 15) is 8.42 Å². The molecule has 184 valence electrons. The molecule has 0 bridgehead atoms. The molecule has 3 aromatic rings. The van der Waals surface area contributed by atoms with E-state index in [2.05, 4.69) is 22.9 Å². The minimum Gasteiger partial charge on any atom is -0.435 e. The molecule has 3 aliphatic rings. The molecule has 1 aliphatic carbocycles. The summed E-state index contributed by atoms with van der Waals surface area (Å²) in [6, 6.07) is 10.6. The van der Waals surface area contributed by atoms with Gasteiger partial charge in [0.15, 0.2) is 5.75 Å². The molecule has 0 amide bonds. The van der Waals surface area contributed by atoms with Gasteiger partial charge in [0.25, 0.3) is 0 Å². The zero-order valence-corrected chi connectivity index (χ0v) is 20.7. The van der Waals surface area contributed by atoms with Crippen LogP contribution >= 0.6 is 0 Å². The fraction of sp³-hybridized carbons (Fsp3) is 0.462. The van der Waals surface area contributed by atoms with Crippen LogP contribution < -0.4 is 4.74 Å². The molecule has 8 nitrogen and oxygen atoms in total. The second-order valence-corrected chi connectivity index (χ2v) is 11.7. The van der Waals surface area contributed by atoms with Crippen LogP contribution in [0.5, 0.6) is 11.6 Å². The van der Waals surface area contributed by atoms with Crippen LogP contribution in [0.2, 0.25) is 0 Å². The summed E-state index contributed by atoms with van der Waals surface area (Å²) in [7, 11) is -3.17. The lowest BCUT2D eigenvalue weighted by molar-refractivity contribution is 0.0839. The molecule has 6 rings (SSSR count). The summed E-state index contributed by atoms with van der Waals surface area (Å²) >= 11 is 0. The molecule has 2 aliphatic heterocycles. The number of benzene rings is 1. The van der Waals surface area contributed by atoms with Gasteiger partial charge in [-0.25, -0.2) is 13.4 Å². The Kier molecular flexibility index (Phi) is 5.86. The van der Waals surface area contributed by atoms with Crippen molar-refractivity contribution in [3.8, 4) is 11.6 Å². The van der Waals surface area contributed by atoms with E-state index in [1.54, 1.807) is 0 Å². The number of rotatable bonds is 6. The quantitative estimate of drug-likeness (QED) is 0.502. The van der Waals surface area contributed by atoms with Crippen molar-refractivity contribution in [3.63, 3.8) is 0 Å². The summed E-state index contributed by atoms with van der Waals surface area (Å²) in [4.78, 5) is 4.82. The van der Waals surface area contributed by atoms with E-state index in [-0.39, 0.29) is 0 Å². The van der Waals surface area contributed by atoms with E-state index in [0.29, 0.717) is 37.4 Å². The fourth-order valence-electron chi connectivity index (χ4n) is 4.93. The van der Waals surface area contributed by atoms with Crippen LogP contribution in [-0.2, 0) is 14.8 Å². The molecule has 9 heteroatoms. The van der Waals surface area contributed by atoms with Crippen LogP contribution in [0.15, 0.2) is 42.6 Å². The zero-order chi connectivity index (χ0) is 24.0. The van der Waals surface area contributed by atoms with Gasteiger partial charge in [0, 0.05) is 43.7 Å². The molecule has 0 atom stereocenters. The average molecular weight is 495 g/mol. The summed E-state index contributed by atoms with van der Waals surface area (Å²) in [6.45, 7) is 2.42. The highest BCUT2D eigenvalue weighted by molar-refractivity contribution is 7.88. The Hall–Kier alpha value is -2.75. The van der Waals surface area contributed by atoms with E-state index < -0.39 is 10.0 Å². The lowest BCUT2D eigenvalue weighted by Gasteiger charge is -2.24. The van der Waals surface area contributed by atoms with Crippen LogP contribution in [0.25, 0.3) is 16.5 Å². The first-order valence-corrected chi connectivity index (χ1v) is 14.2. The highest BCUT2D eigenvalue weighted by Gasteiger charge is 2.30. The van der Waals surface area contributed by atoms with Gasteiger partial charge in [0.2, 0.25) is 15.9 Å². The lowest BCUT2D eigenvalue weighted by Crippen LogP contribution is -2.33. The van der Waals surface area contributed by atoms with E-state index in [4.69, 9.17) is 19.6 Å². The third kappa shape index (κ3) is 4.85. The molecule has 0 radical (unpaired) electrons. The van der Waals surface area contributed by atoms with Gasteiger partial charge < -0.3 is 9.47 Å². The second kappa shape index (κ2) is 9.04. The minimum absolute atomic E-state index is 0.343. The van der Waals surface area contributed by atoms with Gasteiger partial charge >= 0.3 is 0 Å². The molecule has 1 saturated heterocycles. The Labute approximate surface area is 205 Å². The van der Waals surface area contributed by atoms with Gasteiger partial charge in [-0.15, -0.1) is 0 Å². The van der Waals surface area contributed by atoms with Gasteiger partial charge in [0.1, 0.15) is 5.69 Å². The van der Waals surface area contributed by atoms with E-state index >= 15 is 0 Å². The maximum absolute atomic E-state index is 11.8. The summed E-state index contributed by atoms with van der Waals surface area (Å²) in [5.41, 5.74) is 4.08. The third-order valence-electron chi connectivity index (χ3n) is 7.15. The lowest BCUT2D eigenvalue weighted by atomic mass is 9.96. The Morgan fingerprint density at radius 1 is 1.09 bits per heavy atom. The number of aromatic nitrogens is 3. The van der Waals surface area contributed by atoms with Gasteiger partial charge in [-0.05, 0) is 55.4 Å². The van der Waals surface area contributed by atoms with E-state index in [0.717, 1.165) is 59.5 Å². The number of sulfonamides is 1. The number of nitrogens with zero attached hydrogens (tertiary/aromatic N) is 4. The van der Waals surface area contributed by atoms with Crippen molar-refractivity contribution in [2.75, 3.05) is 32.6 Å². The maximum Gasteiger partial charge on any atom is 0.219 e. The summed E-state index contributed by atoms with van der Waals surface area (Å²) in [5.74, 6) is 1.69. The molecule has 35 heavy (non-hydrogen) atoms. The Morgan fingerprint density at radius 2 is 1.89 bits per heavy atom. The topological polar surface area (TPSA) is 86.6 Å². The van der Waals surface area contributed by atoms with Crippen LogP contribution in [0, 0.1) is 0 Å². The van der Waals surface area contributed by atoms with Gasteiger partial charge in [-0.1, -0.05) is 18.2 Å². The van der Waals surface area contributed by atoms with Crippen molar-refractivity contribution < 1.29 is 17.9 Å². The highest BCUT2D eigenvalue weighted by Crippen LogP contribution is 2.40. The van der Waals surface area contributed by atoms with Crippen molar-refractivity contribution in [1.82, 2.24) is 19.1 Å². The van der Waals surface area contributed by atoms with Gasteiger partial charge in [0.05, 0.1) is 24.0 Å². The summed E-state index contributed by atoms with van der Waals surface area (Å²) < 4.78 is 39.1. The molecular weight excluding hydrogens is 464 g/mol. The molecule has 1 saturated carbocycles. The van der Waals surface area contributed by atoms with E-state index in [1.165, 1.54) is 23.4 Å². The number of fused-ring (bicyclic) bond motifs is 1. The van der Waals surface area contributed by atoms with Crippen molar-refractivity contribution in [1.29, 1.82) is 0 Å². The molecule has 2 fully saturated rings. The fourth-order valence-corrected chi connectivity index (χ4v) is 5.70. The molecule has 0 unspecified atom stereocenters. The predicted molar refractivity (Wildman–Crippen MR) is 134 cm³/mol. The second-order valence-electron chi connectivity index (χ2n) is 9.74. The number of hydrogen-bond acceptors (Lipinski definition) is 6. The Balaban J connectivity index is 1.27. The monoisotopic (exact) mass is 494 g/mol. The standard InChI is InChI=1S/C26H30N4O4S/c1-35(31,32)29-12-8-18(9-13-29)21-3-2-19-4-7-25(27-23(19)16-21)34-24-17-30(22-5-6-22)28-26(24)20-10-14-33-15-11-20/h2-4,7-8,16-17,20,22H,5-6,9-15H2,1H3.